The van der Waals surface area contributed by atoms with E-state index in [2.05, 4.69) is 5.32 Å². The minimum Gasteiger partial charge on any atom is -0.383 e. The predicted molar refractivity (Wildman–Crippen MR) is 79.0 cm³/mol. The zero-order valence-electron chi connectivity index (χ0n) is 12.6. The molecule has 0 fully saturated rings. The van der Waals surface area contributed by atoms with Crippen molar-refractivity contribution in [1.29, 1.82) is 0 Å². The maximum Gasteiger partial charge on any atom is 0.251 e. The van der Waals surface area contributed by atoms with Gasteiger partial charge in [-0.15, -0.1) is 0 Å². The lowest BCUT2D eigenvalue weighted by atomic mass is 10.1. The van der Waals surface area contributed by atoms with Gasteiger partial charge in [-0.3, -0.25) is 10.1 Å². The summed E-state index contributed by atoms with van der Waals surface area (Å²) in [5.41, 5.74) is 2.70. The molecule has 0 radical (unpaired) electrons. The summed E-state index contributed by atoms with van der Waals surface area (Å²) in [6.07, 6.45) is -0.127. The fourth-order valence-corrected chi connectivity index (χ4v) is 2.45. The zero-order valence-corrected chi connectivity index (χ0v) is 12.6. The molecule has 1 aliphatic rings. The minimum atomic E-state index is -0.272. The van der Waals surface area contributed by atoms with E-state index in [-0.39, 0.29) is 17.9 Å². The summed E-state index contributed by atoms with van der Waals surface area (Å²) in [7, 11) is 1.64. The van der Waals surface area contributed by atoms with Crippen molar-refractivity contribution in [2.75, 3.05) is 20.3 Å². The Morgan fingerprint density at radius 2 is 1.95 bits per heavy atom. The van der Waals surface area contributed by atoms with E-state index in [9.17, 15) is 9.18 Å². The fraction of sp³-hybridized carbons (Fsp3) is 0.438. The summed E-state index contributed by atoms with van der Waals surface area (Å²) in [4.78, 5) is 14.1. The van der Waals surface area contributed by atoms with Gasteiger partial charge in [0, 0.05) is 25.8 Å². The standard InChI is InChI=1S/C16H21FN2O2/c1-11-12(2)16(20)19(15(11)18-8-9-21-3)10-13-4-6-14(17)7-5-13/h4-7,15,18H,8-10H2,1-3H3. The molecule has 2 rings (SSSR count). The van der Waals surface area contributed by atoms with E-state index < -0.39 is 0 Å². The molecule has 0 saturated carbocycles. The lowest BCUT2D eigenvalue weighted by Crippen LogP contribution is -2.45. The van der Waals surface area contributed by atoms with Crippen molar-refractivity contribution >= 4 is 5.91 Å². The van der Waals surface area contributed by atoms with E-state index >= 15 is 0 Å². The lowest BCUT2D eigenvalue weighted by molar-refractivity contribution is -0.128. The van der Waals surface area contributed by atoms with E-state index in [1.54, 1.807) is 24.1 Å². The number of nitrogens with zero attached hydrogens (tertiary/aromatic N) is 1. The molecular weight excluding hydrogens is 271 g/mol. The molecular formula is C16H21FN2O2. The number of ether oxygens (including phenoxy) is 1. The Balaban J connectivity index is 2.11. The van der Waals surface area contributed by atoms with E-state index in [1.165, 1.54) is 12.1 Å². The Morgan fingerprint density at radius 3 is 2.57 bits per heavy atom. The van der Waals surface area contributed by atoms with E-state index in [0.717, 1.165) is 16.7 Å². The normalized spacial score (nSPS) is 18.8. The van der Waals surface area contributed by atoms with Crippen molar-refractivity contribution in [3.05, 3.63) is 46.8 Å². The van der Waals surface area contributed by atoms with Crippen LogP contribution in [0.3, 0.4) is 0 Å². The molecule has 1 amide bonds. The Labute approximate surface area is 124 Å². The van der Waals surface area contributed by atoms with Crippen molar-refractivity contribution in [1.82, 2.24) is 10.2 Å². The molecule has 1 N–H and O–H groups in total. The number of benzene rings is 1. The first-order valence-electron chi connectivity index (χ1n) is 6.99. The molecule has 21 heavy (non-hydrogen) atoms. The highest BCUT2D eigenvalue weighted by Crippen LogP contribution is 2.25. The Hall–Kier alpha value is -1.72. The number of halogens is 1. The minimum absolute atomic E-state index is 0.0201. The number of carbonyl (C=O) groups excluding carboxylic acids is 1. The summed E-state index contributed by atoms with van der Waals surface area (Å²) in [5, 5.41) is 3.32. The number of nitrogens with one attached hydrogen (secondary N) is 1. The van der Waals surface area contributed by atoms with E-state index in [1.807, 2.05) is 13.8 Å². The molecule has 0 bridgehead atoms. The first-order valence-corrected chi connectivity index (χ1v) is 6.99. The average molecular weight is 292 g/mol. The maximum atomic E-state index is 13.0. The average Bonchev–Trinajstić information content (AvgIpc) is 2.67. The van der Waals surface area contributed by atoms with Crippen molar-refractivity contribution in [3.8, 4) is 0 Å². The maximum absolute atomic E-state index is 13.0. The number of hydrogen-bond acceptors (Lipinski definition) is 3. The quantitative estimate of drug-likeness (QED) is 0.816. The number of hydrogen-bond donors (Lipinski definition) is 1. The molecule has 0 aromatic heterocycles. The first-order chi connectivity index (χ1) is 10.0. The third-order valence-electron chi connectivity index (χ3n) is 3.81. The van der Waals surface area contributed by atoms with Crippen LogP contribution in [-0.4, -0.2) is 37.2 Å². The highest BCUT2D eigenvalue weighted by atomic mass is 19.1. The molecule has 1 aromatic carbocycles. The van der Waals surface area contributed by atoms with Crippen LogP contribution in [0.5, 0.6) is 0 Å². The zero-order chi connectivity index (χ0) is 15.4. The second-order valence-corrected chi connectivity index (χ2v) is 5.22. The van der Waals surface area contributed by atoms with Gasteiger partial charge >= 0.3 is 0 Å². The summed E-state index contributed by atoms with van der Waals surface area (Å²) in [6, 6.07) is 6.24. The van der Waals surface area contributed by atoms with Crippen LogP contribution in [-0.2, 0) is 16.1 Å². The highest BCUT2D eigenvalue weighted by Gasteiger charge is 2.34. The highest BCUT2D eigenvalue weighted by molar-refractivity contribution is 5.96. The number of amides is 1. The molecule has 0 saturated heterocycles. The Morgan fingerprint density at radius 1 is 1.29 bits per heavy atom. The number of rotatable bonds is 6. The molecule has 1 aliphatic heterocycles. The fourth-order valence-electron chi connectivity index (χ4n) is 2.45. The van der Waals surface area contributed by atoms with Gasteiger partial charge in [-0.1, -0.05) is 12.1 Å². The monoisotopic (exact) mass is 292 g/mol. The SMILES string of the molecule is COCCNC1C(C)=C(C)C(=O)N1Cc1ccc(F)cc1. The van der Waals surface area contributed by atoms with Crippen molar-refractivity contribution < 1.29 is 13.9 Å². The number of carbonyl (C=O) groups is 1. The van der Waals surface area contributed by atoms with Crippen molar-refractivity contribution in [2.45, 2.75) is 26.6 Å². The molecule has 5 heteroatoms. The van der Waals surface area contributed by atoms with Gasteiger partial charge < -0.3 is 9.64 Å². The molecule has 1 atom stereocenters. The smallest absolute Gasteiger partial charge is 0.251 e. The van der Waals surface area contributed by atoms with Gasteiger partial charge in [0.2, 0.25) is 0 Å². The van der Waals surface area contributed by atoms with Gasteiger partial charge in [0.05, 0.1) is 6.61 Å². The van der Waals surface area contributed by atoms with Crippen LogP contribution in [0, 0.1) is 5.82 Å². The van der Waals surface area contributed by atoms with Crippen LogP contribution >= 0.6 is 0 Å². The first kappa shape index (κ1) is 15.7. The molecule has 1 unspecified atom stereocenters. The van der Waals surface area contributed by atoms with Crippen molar-refractivity contribution in [3.63, 3.8) is 0 Å². The van der Waals surface area contributed by atoms with E-state index in [0.29, 0.717) is 19.7 Å². The van der Waals surface area contributed by atoms with Gasteiger partial charge in [-0.25, -0.2) is 4.39 Å². The number of methoxy groups -OCH3 is 1. The van der Waals surface area contributed by atoms with E-state index in [4.69, 9.17) is 4.74 Å². The van der Waals surface area contributed by atoms with Crippen LogP contribution in [0.2, 0.25) is 0 Å². The van der Waals surface area contributed by atoms with Gasteiger partial charge in [-0.2, -0.15) is 0 Å². The van der Waals surface area contributed by atoms with Gasteiger partial charge in [0.1, 0.15) is 12.0 Å². The molecule has 1 aromatic rings. The third kappa shape index (κ3) is 3.49. The summed E-state index contributed by atoms with van der Waals surface area (Å²) >= 11 is 0. The van der Waals surface area contributed by atoms with Crippen LogP contribution in [0.4, 0.5) is 4.39 Å². The third-order valence-corrected chi connectivity index (χ3v) is 3.81. The second-order valence-electron chi connectivity index (χ2n) is 5.22. The van der Waals surface area contributed by atoms with Crippen LogP contribution in [0.1, 0.15) is 19.4 Å². The molecule has 0 spiro atoms. The second kappa shape index (κ2) is 6.83. The lowest BCUT2D eigenvalue weighted by Gasteiger charge is -2.27. The predicted octanol–water partition coefficient (Wildman–Crippen LogP) is 2.07. The molecule has 0 aliphatic carbocycles. The summed E-state index contributed by atoms with van der Waals surface area (Å²) in [6.45, 7) is 5.51. The molecule has 1 heterocycles. The van der Waals surface area contributed by atoms with Crippen LogP contribution < -0.4 is 5.32 Å². The van der Waals surface area contributed by atoms with Crippen LogP contribution in [0.15, 0.2) is 35.4 Å². The largest absolute Gasteiger partial charge is 0.383 e. The molecule has 114 valence electrons. The van der Waals surface area contributed by atoms with Gasteiger partial charge in [0.25, 0.3) is 5.91 Å². The summed E-state index contributed by atoms with van der Waals surface area (Å²) in [5.74, 6) is -0.251. The summed E-state index contributed by atoms with van der Waals surface area (Å²) < 4.78 is 18.0. The molecule has 4 nitrogen and oxygen atoms in total. The van der Waals surface area contributed by atoms with Crippen LogP contribution in [0.25, 0.3) is 0 Å². The Bertz CT molecular complexity index is 540. The van der Waals surface area contributed by atoms with Gasteiger partial charge in [0.15, 0.2) is 0 Å². The topological polar surface area (TPSA) is 41.6 Å². The Kier molecular flexibility index (Phi) is 5.09. The van der Waals surface area contributed by atoms with Gasteiger partial charge in [-0.05, 0) is 37.1 Å². The van der Waals surface area contributed by atoms with Crippen molar-refractivity contribution in [2.24, 2.45) is 0 Å².